The van der Waals surface area contributed by atoms with Crippen LogP contribution in [0.1, 0.15) is 101 Å². The molecule has 8 N–H and O–H groups in total. The van der Waals surface area contributed by atoms with Crippen LogP contribution in [0.25, 0.3) is 24.3 Å². The predicted molar refractivity (Wildman–Crippen MR) is 163 cm³/mol. The van der Waals surface area contributed by atoms with Gasteiger partial charge in [0.1, 0.15) is 0 Å². The third-order valence-electron chi connectivity index (χ3n) is 8.34. The number of aromatic amines is 4. The van der Waals surface area contributed by atoms with E-state index in [1.165, 1.54) is 0 Å². The second-order valence-corrected chi connectivity index (χ2v) is 11.4. The number of rotatable bonds is 8. The lowest BCUT2D eigenvalue weighted by molar-refractivity contribution is -0.138. The Balaban J connectivity index is 1.90. The van der Waals surface area contributed by atoms with E-state index in [1.807, 2.05) is 51.1 Å². The van der Waals surface area contributed by atoms with Crippen LogP contribution < -0.4 is 21.4 Å². The van der Waals surface area contributed by atoms with Crippen LogP contribution in [-0.2, 0) is 22.4 Å². The monoisotopic (exact) mass is 586 g/mol. The molecular formula is C33H38N4O6. The molecule has 0 amide bonds. The zero-order valence-electron chi connectivity index (χ0n) is 25.0. The number of fused-ring (bicyclic) bond motifs is 8. The highest BCUT2D eigenvalue weighted by Gasteiger charge is 2.19. The molecule has 0 aromatic carbocycles. The maximum absolute atomic E-state index is 11.5. The van der Waals surface area contributed by atoms with Gasteiger partial charge in [0.25, 0.3) is 0 Å². The van der Waals surface area contributed by atoms with Crippen molar-refractivity contribution in [2.45, 2.75) is 72.5 Å². The van der Waals surface area contributed by atoms with Crippen LogP contribution in [0.4, 0.5) is 0 Å². The molecule has 226 valence electrons. The molecule has 1 aliphatic heterocycles. The SMILES string of the molecule is Cc1c2[nH]c(c1[C@H](C)O)C=c1[nH]c(c([C@@H](C)O)c1C)=Cc1cc(CCC(=O)O)c([nH]1)C=c1[nH]c(c(C)c1CCC(=O)O)=C2. The summed E-state index contributed by atoms with van der Waals surface area (Å²) >= 11 is 0. The molecule has 8 bridgehead atoms. The van der Waals surface area contributed by atoms with Gasteiger partial charge in [-0.3, -0.25) is 9.59 Å². The molecule has 4 aromatic rings. The number of nitrogens with one attached hydrogen (secondary N) is 4. The van der Waals surface area contributed by atoms with Gasteiger partial charge in [-0.15, -0.1) is 0 Å². The van der Waals surface area contributed by atoms with Crippen molar-refractivity contribution in [3.63, 3.8) is 0 Å². The van der Waals surface area contributed by atoms with E-state index in [9.17, 15) is 30.0 Å². The summed E-state index contributed by atoms with van der Waals surface area (Å²) in [6.45, 7) is 9.27. The largest absolute Gasteiger partial charge is 0.481 e. The number of aromatic nitrogens is 4. The van der Waals surface area contributed by atoms with Crippen molar-refractivity contribution < 1.29 is 30.0 Å². The Kier molecular flexibility index (Phi) is 8.09. The number of hydrogen-bond acceptors (Lipinski definition) is 4. The van der Waals surface area contributed by atoms with Gasteiger partial charge >= 0.3 is 11.9 Å². The summed E-state index contributed by atoms with van der Waals surface area (Å²) in [4.78, 5) is 36.8. The van der Waals surface area contributed by atoms with E-state index in [-0.39, 0.29) is 12.8 Å². The molecule has 0 saturated carbocycles. The minimum Gasteiger partial charge on any atom is -0.481 e. The molecule has 1 aliphatic rings. The summed E-state index contributed by atoms with van der Waals surface area (Å²) in [6.07, 6.45) is 6.72. The van der Waals surface area contributed by atoms with Crippen molar-refractivity contribution >= 4 is 36.2 Å². The van der Waals surface area contributed by atoms with Gasteiger partial charge in [-0.1, -0.05) is 0 Å². The van der Waals surface area contributed by atoms with Crippen molar-refractivity contribution in [1.29, 1.82) is 0 Å². The Morgan fingerprint density at radius 3 is 1.88 bits per heavy atom. The third kappa shape index (κ3) is 5.89. The molecule has 0 aliphatic carbocycles. The molecule has 4 aromatic heterocycles. The van der Waals surface area contributed by atoms with Crippen LogP contribution in [0.2, 0.25) is 0 Å². The van der Waals surface area contributed by atoms with Crippen molar-refractivity contribution in [2.75, 3.05) is 0 Å². The number of aliphatic carboxylic acids is 2. The van der Waals surface area contributed by atoms with E-state index in [0.29, 0.717) is 23.9 Å². The van der Waals surface area contributed by atoms with E-state index < -0.39 is 24.1 Å². The number of aryl methyl sites for hydroxylation is 1. The second kappa shape index (κ2) is 11.6. The van der Waals surface area contributed by atoms with Crippen LogP contribution >= 0.6 is 0 Å². The molecule has 0 radical (unpaired) electrons. The minimum atomic E-state index is -0.903. The van der Waals surface area contributed by atoms with Gasteiger partial charge in [0, 0.05) is 68.1 Å². The first-order chi connectivity index (χ1) is 20.3. The number of carboxylic acid groups (broad SMARTS) is 2. The number of carbonyl (C=O) groups is 2. The minimum absolute atomic E-state index is 0.0438. The summed E-state index contributed by atoms with van der Waals surface area (Å²) in [5.41, 5.74) is 8.78. The Bertz CT molecular complexity index is 1980. The van der Waals surface area contributed by atoms with Gasteiger partial charge in [0.05, 0.1) is 12.2 Å². The average molecular weight is 587 g/mol. The Morgan fingerprint density at radius 2 is 1.23 bits per heavy atom. The lowest BCUT2D eigenvalue weighted by atomic mass is 10.0. The lowest BCUT2D eigenvalue weighted by Crippen LogP contribution is -2.14. The van der Waals surface area contributed by atoms with Gasteiger partial charge < -0.3 is 40.4 Å². The Morgan fingerprint density at radius 1 is 0.651 bits per heavy atom. The van der Waals surface area contributed by atoms with Gasteiger partial charge in [-0.2, -0.15) is 0 Å². The first kappa shape index (κ1) is 29.9. The van der Waals surface area contributed by atoms with E-state index in [4.69, 9.17) is 0 Å². The first-order valence-corrected chi connectivity index (χ1v) is 14.4. The molecule has 10 heteroatoms. The number of hydrogen-bond donors (Lipinski definition) is 8. The van der Waals surface area contributed by atoms with Crippen molar-refractivity contribution in [2.24, 2.45) is 0 Å². The molecule has 0 unspecified atom stereocenters. The smallest absolute Gasteiger partial charge is 0.303 e. The van der Waals surface area contributed by atoms with Crippen LogP contribution in [0, 0.1) is 20.8 Å². The topological polar surface area (TPSA) is 178 Å². The normalized spacial score (nSPS) is 13.8. The number of H-pyrrole nitrogens is 4. The molecule has 43 heavy (non-hydrogen) atoms. The van der Waals surface area contributed by atoms with Crippen LogP contribution in [0.15, 0.2) is 6.07 Å². The van der Waals surface area contributed by atoms with Crippen LogP contribution in [-0.4, -0.2) is 52.3 Å². The maximum atomic E-state index is 11.5. The molecule has 0 fully saturated rings. The predicted octanol–water partition coefficient (Wildman–Crippen LogP) is 1.69. The molecule has 0 spiro atoms. The highest BCUT2D eigenvalue weighted by atomic mass is 16.4. The summed E-state index contributed by atoms with van der Waals surface area (Å²) in [5, 5.41) is 43.3. The summed E-state index contributed by atoms with van der Waals surface area (Å²) in [5.74, 6) is -1.80. The standard InChI is InChI=1S/C33H38N4O6/c1-15-22(7-9-31(42)43)27-14-26-20(6-8-30(40)41)10-21(34-26)11-28-32(18(4)38)17(3)25(36-28)13-29-33(19(5)39)16(2)24(37-29)12-23(15)35-27/h10-14,18-19,34-39H,6-9H2,1-5H3,(H,40,41)(H,42,43)/t18-,19+/m1/s1. The fourth-order valence-electron chi connectivity index (χ4n) is 6.18. The zero-order chi connectivity index (χ0) is 31.2. The van der Waals surface area contributed by atoms with Crippen LogP contribution in [0.3, 0.4) is 0 Å². The molecule has 0 saturated heterocycles. The molecular weight excluding hydrogens is 548 g/mol. The number of aliphatic hydroxyl groups is 2. The Labute approximate surface area is 247 Å². The highest BCUT2D eigenvalue weighted by molar-refractivity contribution is 5.69. The molecule has 5 rings (SSSR count). The average Bonchev–Trinajstić information content (AvgIpc) is 3.61. The van der Waals surface area contributed by atoms with E-state index >= 15 is 0 Å². The fourth-order valence-corrected chi connectivity index (χ4v) is 6.18. The summed E-state index contributed by atoms with van der Waals surface area (Å²) in [7, 11) is 0. The summed E-state index contributed by atoms with van der Waals surface area (Å²) in [6, 6.07) is 1.91. The van der Waals surface area contributed by atoms with Crippen molar-refractivity contribution in [3.05, 3.63) is 89.2 Å². The quantitative estimate of drug-likeness (QED) is 0.137. The maximum Gasteiger partial charge on any atom is 0.303 e. The van der Waals surface area contributed by atoms with Gasteiger partial charge in [-0.25, -0.2) is 0 Å². The van der Waals surface area contributed by atoms with Crippen LogP contribution in [0.5, 0.6) is 0 Å². The van der Waals surface area contributed by atoms with Crippen molar-refractivity contribution in [3.8, 4) is 0 Å². The molecule has 5 heterocycles. The third-order valence-corrected chi connectivity index (χ3v) is 8.34. The lowest BCUT2D eigenvalue weighted by Gasteiger charge is -2.05. The van der Waals surface area contributed by atoms with E-state index in [1.54, 1.807) is 13.8 Å². The van der Waals surface area contributed by atoms with E-state index in [0.717, 1.165) is 72.1 Å². The van der Waals surface area contributed by atoms with Gasteiger partial charge in [-0.05, 0) is 106 Å². The molecule has 2 atom stereocenters. The van der Waals surface area contributed by atoms with E-state index in [2.05, 4.69) is 19.9 Å². The number of carboxylic acids is 2. The first-order valence-electron chi connectivity index (χ1n) is 14.4. The van der Waals surface area contributed by atoms with Crippen molar-refractivity contribution in [1.82, 2.24) is 19.9 Å². The highest BCUT2D eigenvalue weighted by Crippen LogP contribution is 2.26. The van der Waals surface area contributed by atoms with Gasteiger partial charge in [0.15, 0.2) is 0 Å². The number of aliphatic hydroxyl groups excluding tert-OH is 2. The summed E-state index contributed by atoms with van der Waals surface area (Å²) < 4.78 is 0. The zero-order valence-corrected chi connectivity index (χ0v) is 25.0. The van der Waals surface area contributed by atoms with Gasteiger partial charge in [0.2, 0.25) is 0 Å². The fraction of sp³-hybridized carbons (Fsp3) is 0.333. The molecule has 10 nitrogen and oxygen atoms in total. The Hall–Kier alpha value is -4.54. The second-order valence-electron chi connectivity index (χ2n) is 11.4.